The third-order valence-corrected chi connectivity index (χ3v) is 4.14. The summed E-state index contributed by atoms with van der Waals surface area (Å²) in [5, 5.41) is 6.07. The molecule has 122 valence electrons. The Balaban J connectivity index is 2.16. The summed E-state index contributed by atoms with van der Waals surface area (Å²) in [6, 6.07) is 17.6. The molecule has 4 heteroatoms. The lowest BCUT2D eigenvalue weighted by atomic mass is 9.89. The Labute approximate surface area is 138 Å². The molecule has 0 bridgehead atoms. The molecule has 0 saturated heterocycles. The van der Waals surface area contributed by atoms with Crippen molar-refractivity contribution < 1.29 is 4.79 Å². The summed E-state index contributed by atoms with van der Waals surface area (Å²) in [4.78, 5) is 14.5. The van der Waals surface area contributed by atoms with Crippen LogP contribution in [-0.4, -0.2) is 20.1 Å². The van der Waals surface area contributed by atoms with Crippen molar-refractivity contribution in [2.45, 2.75) is 25.8 Å². The van der Waals surface area contributed by atoms with Gasteiger partial charge in [-0.25, -0.2) is 4.79 Å². The zero-order valence-electron chi connectivity index (χ0n) is 14.3. The molecular formula is C19H25N3O. The Morgan fingerprint density at radius 1 is 1.04 bits per heavy atom. The van der Waals surface area contributed by atoms with E-state index >= 15 is 0 Å². The van der Waals surface area contributed by atoms with Gasteiger partial charge in [0.2, 0.25) is 0 Å². The highest BCUT2D eigenvalue weighted by molar-refractivity contribution is 5.93. The normalized spacial score (nSPS) is 13.0. The smallest absolute Gasteiger partial charge is 0.319 e. The molecule has 2 rings (SSSR count). The first-order chi connectivity index (χ1) is 11.0. The van der Waals surface area contributed by atoms with E-state index in [4.69, 9.17) is 0 Å². The molecule has 0 saturated carbocycles. The zero-order valence-corrected chi connectivity index (χ0v) is 14.3. The maximum Gasteiger partial charge on any atom is 0.319 e. The predicted molar refractivity (Wildman–Crippen MR) is 97.0 cm³/mol. The van der Waals surface area contributed by atoms with Crippen LogP contribution in [0.1, 0.15) is 25.8 Å². The third-order valence-electron chi connectivity index (χ3n) is 4.14. The van der Waals surface area contributed by atoms with E-state index in [9.17, 15) is 4.79 Å². The van der Waals surface area contributed by atoms with Crippen LogP contribution in [0, 0.1) is 0 Å². The summed E-state index contributed by atoms with van der Waals surface area (Å²) in [6.45, 7) is 4.11. The molecule has 0 heterocycles. The van der Waals surface area contributed by atoms with Crippen molar-refractivity contribution in [1.82, 2.24) is 5.32 Å². The van der Waals surface area contributed by atoms with Gasteiger partial charge < -0.3 is 15.5 Å². The maximum absolute atomic E-state index is 12.5. The summed E-state index contributed by atoms with van der Waals surface area (Å²) in [6.07, 6.45) is 0.805. The van der Waals surface area contributed by atoms with Crippen LogP contribution >= 0.6 is 0 Å². The van der Waals surface area contributed by atoms with Crippen molar-refractivity contribution in [3.63, 3.8) is 0 Å². The minimum Gasteiger partial charge on any atom is -0.376 e. The lowest BCUT2D eigenvalue weighted by Gasteiger charge is -2.30. The predicted octanol–water partition coefficient (Wildman–Crippen LogP) is 4.20. The lowest BCUT2D eigenvalue weighted by Crippen LogP contribution is -2.45. The molecule has 2 aromatic carbocycles. The van der Waals surface area contributed by atoms with E-state index in [0.717, 1.165) is 23.4 Å². The van der Waals surface area contributed by atoms with Crippen LogP contribution in [0.3, 0.4) is 0 Å². The fourth-order valence-electron chi connectivity index (χ4n) is 2.54. The van der Waals surface area contributed by atoms with Gasteiger partial charge in [-0.05, 0) is 31.0 Å². The van der Waals surface area contributed by atoms with Crippen LogP contribution in [-0.2, 0) is 5.54 Å². The first kappa shape index (κ1) is 16.9. The molecule has 1 unspecified atom stereocenters. The van der Waals surface area contributed by atoms with Gasteiger partial charge in [0, 0.05) is 14.1 Å². The van der Waals surface area contributed by atoms with Crippen LogP contribution in [0.5, 0.6) is 0 Å². The minimum atomic E-state index is -0.404. The maximum atomic E-state index is 12.5. The average molecular weight is 311 g/mol. The Hall–Kier alpha value is -2.49. The highest BCUT2D eigenvalue weighted by Crippen LogP contribution is 2.26. The Morgan fingerprint density at radius 3 is 2.26 bits per heavy atom. The number of hydrogen-bond donors (Lipinski definition) is 2. The molecule has 0 spiro atoms. The first-order valence-electron chi connectivity index (χ1n) is 7.87. The number of urea groups is 1. The number of nitrogens with zero attached hydrogens (tertiary/aromatic N) is 1. The van der Waals surface area contributed by atoms with Gasteiger partial charge in [-0.2, -0.15) is 0 Å². The number of para-hydroxylation sites is 2. The third kappa shape index (κ3) is 4.03. The standard InChI is InChI=1S/C19H25N3O/c1-5-19(2,15-11-7-6-8-12-15)21-18(23)20-16-13-9-10-14-17(16)22(3)4/h6-14H,5H2,1-4H3,(H2,20,21,23). The number of nitrogens with one attached hydrogen (secondary N) is 2. The van der Waals surface area contributed by atoms with Crippen molar-refractivity contribution in [1.29, 1.82) is 0 Å². The second-order valence-corrected chi connectivity index (χ2v) is 6.04. The zero-order chi connectivity index (χ0) is 16.9. The molecule has 0 fully saturated rings. The van der Waals surface area contributed by atoms with Crippen molar-refractivity contribution in [2.75, 3.05) is 24.3 Å². The number of carbonyl (C=O) groups is 1. The molecule has 0 aliphatic rings. The molecule has 23 heavy (non-hydrogen) atoms. The van der Waals surface area contributed by atoms with Gasteiger partial charge in [-0.1, -0.05) is 49.4 Å². The minimum absolute atomic E-state index is 0.201. The number of carbonyl (C=O) groups excluding carboxylic acids is 1. The Morgan fingerprint density at radius 2 is 1.65 bits per heavy atom. The van der Waals surface area contributed by atoms with E-state index in [1.54, 1.807) is 0 Å². The molecule has 2 aromatic rings. The fourth-order valence-corrected chi connectivity index (χ4v) is 2.54. The number of anilines is 2. The van der Waals surface area contributed by atoms with Gasteiger partial charge in [-0.15, -0.1) is 0 Å². The summed E-state index contributed by atoms with van der Waals surface area (Å²) >= 11 is 0. The highest BCUT2D eigenvalue weighted by Gasteiger charge is 2.26. The van der Waals surface area contributed by atoms with Gasteiger partial charge >= 0.3 is 6.03 Å². The second-order valence-electron chi connectivity index (χ2n) is 6.04. The molecular weight excluding hydrogens is 286 g/mol. The SMILES string of the molecule is CCC(C)(NC(=O)Nc1ccccc1N(C)C)c1ccccc1. The highest BCUT2D eigenvalue weighted by atomic mass is 16.2. The first-order valence-corrected chi connectivity index (χ1v) is 7.87. The Bertz CT molecular complexity index is 655. The Kier molecular flexibility index (Phi) is 5.27. The monoisotopic (exact) mass is 311 g/mol. The summed E-state index contributed by atoms with van der Waals surface area (Å²) in [5.74, 6) is 0. The summed E-state index contributed by atoms with van der Waals surface area (Å²) in [5.41, 5.74) is 2.46. The quantitative estimate of drug-likeness (QED) is 0.869. The fraction of sp³-hybridized carbons (Fsp3) is 0.316. The topological polar surface area (TPSA) is 44.4 Å². The van der Waals surface area contributed by atoms with Crippen LogP contribution < -0.4 is 15.5 Å². The van der Waals surface area contributed by atoms with Crippen molar-refractivity contribution in [3.8, 4) is 0 Å². The van der Waals surface area contributed by atoms with E-state index in [1.165, 1.54) is 0 Å². The molecule has 1 atom stereocenters. The molecule has 4 nitrogen and oxygen atoms in total. The molecule has 2 N–H and O–H groups in total. The van der Waals surface area contributed by atoms with E-state index in [1.807, 2.05) is 80.5 Å². The molecule has 0 aliphatic carbocycles. The number of benzene rings is 2. The number of hydrogen-bond acceptors (Lipinski definition) is 2. The molecule has 0 aromatic heterocycles. The summed E-state index contributed by atoms with van der Waals surface area (Å²) < 4.78 is 0. The van der Waals surface area contributed by atoms with E-state index < -0.39 is 5.54 Å². The molecule has 0 radical (unpaired) electrons. The van der Waals surface area contributed by atoms with Crippen LogP contribution in [0.2, 0.25) is 0 Å². The van der Waals surface area contributed by atoms with Crippen LogP contribution in [0.15, 0.2) is 54.6 Å². The summed E-state index contributed by atoms with van der Waals surface area (Å²) in [7, 11) is 3.91. The molecule has 2 amide bonds. The lowest BCUT2D eigenvalue weighted by molar-refractivity contribution is 0.238. The second kappa shape index (κ2) is 7.18. The van der Waals surface area contributed by atoms with Crippen molar-refractivity contribution >= 4 is 17.4 Å². The van der Waals surface area contributed by atoms with Crippen LogP contribution in [0.4, 0.5) is 16.2 Å². The largest absolute Gasteiger partial charge is 0.376 e. The van der Waals surface area contributed by atoms with Crippen molar-refractivity contribution in [2.24, 2.45) is 0 Å². The van der Waals surface area contributed by atoms with Gasteiger partial charge in [-0.3, -0.25) is 0 Å². The number of rotatable bonds is 5. The van der Waals surface area contributed by atoms with Crippen LogP contribution in [0.25, 0.3) is 0 Å². The van der Waals surface area contributed by atoms with Gasteiger partial charge in [0.1, 0.15) is 0 Å². The van der Waals surface area contributed by atoms with Crippen molar-refractivity contribution in [3.05, 3.63) is 60.2 Å². The van der Waals surface area contributed by atoms with Gasteiger partial charge in [0.25, 0.3) is 0 Å². The average Bonchev–Trinajstić information content (AvgIpc) is 2.55. The van der Waals surface area contributed by atoms with E-state index in [2.05, 4.69) is 17.6 Å². The van der Waals surface area contributed by atoms with E-state index in [-0.39, 0.29) is 6.03 Å². The molecule has 0 aliphatic heterocycles. The number of amides is 2. The van der Waals surface area contributed by atoms with Gasteiger partial charge in [0.15, 0.2) is 0 Å². The van der Waals surface area contributed by atoms with E-state index in [0.29, 0.717) is 0 Å². The van der Waals surface area contributed by atoms with Gasteiger partial charge in [0.05, 0.1) is 16.9 Å².